The molecule has 4 rings (SSSR count). The highest BCUT2D eigenvalue weighted by Gasteiger charge is 2.13. The minimum atomic E-state index is -0.390. The van der Waals surface area contributed by atoms with E-state index in [4.69, 9.17) is 9.47 Å². The minimum absolute atomic E-state index is 0.253. The van der Waals surface area contributed by atoms with E-state index < -0.39 is 5.82 Å². The number of aromatic nitrogens is 5. The van der Waals surface area contributed by atoms with Crippen molar-refractivity contribution in [3.05, 3.63) is 66.2 Å². The lowest BCUT2D eigenvalue weighted by Crippen LogP contribution is -2.12. The molecule has 0 aliphatic carbocycles. The molecular formula is C22H22FN7O2. The summed E-state index contributed by atoms with van der Waals surface area (Å²) in [6.45, 7) is 1.90. The maximum atomic E-state index is 13.2. The first-order valence-electron chi connectivity index (χ1n) is 9.82. The fourth-order valence-corrected chi connectivity index (χ4v) is 3.03. The van der Waals surface area contributed by atoms with Crippen molar-refractivity contribution >= 4 is 17.6 Å². The highest BCUT2D eigenvalue weighted by molar-refractivity contribution is 5.68. The topological polar surface area (TPSA) is 110 Å². The Balaban J connectivity index is 1.68. The molecule has 0 aliphatic rings. The molecule has 3 heterocycles. The number of methoxy groups -OCH3 is 2. The van der Waals surface area contributed by atoms with E-state index in [1.54, 1.807) is 26.4 Å². The molecule has 0 bridgehead atoms. The van der Waals surface area contributed by atoms with Crippen LogP contribution in [0.5, 0.6) is 11.6 Å². The zero-order valence-electron chi connectivity index (χ0n) is 17.8. The van der Waals surface area contributed by atoms with Crippen LogP contribution in [0, 0.1) is 5.82 Å². The van der Waals surface area contributed by atoms with Gasteiger partial charge in [-0.15, -0.1) is 5.10 Å². The highest BCUT2D eigenvalue weighted by Crippen LogP contribution is 2.27. The van der Waals surface area contributed by atoms with E-state index in [9.17, 15) is 4.39 Å². The van der Waals surface area contributed by atoms with Gasteiger partial charge in [-0.2, -0.15) is 4.98 Å². The predicted octanol–water partition coefficient (Wildman–Crippen LogP) is 4.33. The molecule has 0 fully saturated rings. The second-order valence-corrected chi connectivity index (χ2v) is 6.91. The highest BCUT2D eigenvalue weighted by atomic mass is 19.1. The van der Waals surface area contributed by atoms with E-state index >= 15 is 0 Å². The molecule has 32 heavy (non-hydrogen) atoms. The molecule has 0 unspecified atom stereocenters. The number of halogens is 1. The van der Waals surface area contributed by atoms with Crippen molar-refractivity contribution in [1.29, 1.82) is 0 Å². The van der Waals surface area contributed by atoms with Crippen molar-refractivity contribution in [2.24, 2.45) is 0 Å². The third-order valence-electron chi connectivity index (χ3n) is 4.66. The lowest BCUT2D eigenvalue weighted by atomic mass is 10.1. The number of benzene rings is 1. The first-order valence-corrected chi connectivity index (χ1v) is 9.82. The van der Waals surface area contributed by atoms with Gasteiger partial charge in [0.25, 0.3) is 0 Å². The molecule has 0 spiro atoms. The van der Waals surface area contributed by atoms with Crippen molar-refractivity contribution in [3.8, 4) is 22.9 Å². The Labute approximate surface area is 184 Å². The maximum Gasteiger partial charge on any atom is 0.234 e. The van der Waals surface area contributed by atoms with E-state index in [0.717, 1.165) is 5.56 Å². The number of H-pyrrole nitrogens is 1. The Hall–Kier alpha value is -4.21. The summed E-state index contributed by atoms with van der Waals surface area (Å²) in [5, 5.41) is 13.3. The molecule has 164 valence electrons. The van der Waals surface area contributed by atoms with E-state index in [1.165, 1.54) is 12.3 Å². The standard InChI is InChI=1S/C22H22FN7O2/c1-13(17-8-7-15(23)12-24-17)25-22-26-18(14-5-4-6-16(9-14)31-2)10-19(28-22)27-20-11-21(32-3)30-29-20/h4-13H,1-3H3,(H3,25,26,27,28,29,30)/t13-/m0/s1. The zero-order chi connectivity index (χ0) is 22.5. The molecular weight excluding hydrogens is 413 g/mol. The Morgan fingerprint density at radius 2 is 1.91 bits per heavy atom. The summed E-state index contributed by atoms with van der Waals surface area (Å²) >= 11 is 0. The Morgan fingerprint density at radius 1 is 1.03 bits per heavy atom. The van der Waals surface area contributed by atoms with Crippen LogP contribution in [0.25, 0.3) is 11.3 Å². The van der Waals surface area contributed by atoms with Gasteiger partial charge in [0.2, 0.25) is 11.8 Å². The third-order valence-corrected chi connectivity index (χ3v) is 4.66. The number of nitrogens with one attached hydrogen (secondary N) is 3. The average molecular weight is 435 g/mol. The summed E-state index contributed by atoms with van der Waals surface area (Å²) in [7, 11) is 3.15. The number of ether oxygens (including phenoxy) is 2. The second kappa shape index (κ2) is 9.29. The number of aromatic amines is 1. The van der Waals surface area contributed by atoms with Crippen molar-refractivity contribution < 1.29 is 13.9 Å². The van der Waals surface area contributed by atoms with Crippen LogP contribution in [0.15, 0.2) is 54.7 Å². The predicted molar refractivity (Wildman–Crippen MR) is 119 cm³/mol. The van der Waals surface area contributed by atoms with Gasteiger partial charge in [0.15, 0.2) is 0 Å². The van der Waals surface area contributed by atoms with E-state index in [-0.39, 0.29) is 6.04 Å². The van der Waals surface area contributed by atoms with Gasteiger partial charge in [0.05, 0.1) is 37.8 Å². The van der Waals surface area contributed by atoms with Crippen molar-refractivity contribution in [1.82, 2.24) is 25.1 Å². The molecule has 1 aromatic carbocycles. The molecule has 0 aliphatic heterocycles. The van der Waals surface area contributed by atoms with Gasteiger partial charge >= 0.3 is 0 Å². The zero-order valence-corrected chi connectivity index (χ0v) is 17.8. The van der Waals surface area contributed by atoms with Gasteiger partial charge in [-0.05, 0) is 31.2 Å². The minimum Gasteiger partial charge on any atom is -0.497 e. The maximum absolute atomic E-state index is 13.2. The van der Waals surface area contributed by atoms with Crippen LogP contribution in [0.3, 0.4) is 0 Å². The lowest BCUT2D eigenvalue weighted by molar-refractivity contribution is 0.397. The molecule has 3 aromatic heterocycles. The van der Waals surface area contributed by atoms with Gasteiger partial charge < -0.3 is 20.1 Å². The summed E-state index contributed by atoms with van der Waals surface area (Å²) in [5.74, 6) is 2.29. The summed E-state index contributed by atoms with van der Waals surface area (Å²) in [5.41, 5.74) is 2.19. The third kappa shape index (κ3) is 4.91. The molecule has 4 aromatic rings. The molecule has 1 atom stereocenters. The summed E-state index contributed by atoms with van der Waals surface area (Å²) < 4.78 is 23.7. The number of nitrogens with zero attached hydrogens (tertiary/aromatic N) is 4. The van der Waals surface area contributed by atoms with E-state index in [1.807, 2.05) is 37.3 Å². The Morgan fingerprint density at radius 3 is 2.62 bits per heavy atom. The van der Waals surface area contributed by atoms with Gasteiger partial charge in [0.1, 0.15) is 23.2 Å². The van der Waals surface area contributed by atoms with Crippen LogP contribution in [0.1, 0.15) is 18.7 Å². The van der Waals surface area contributed by atoms with Gasteiger partial charge in [-0.1, -0.05) is 12.1 Å². The van der Waals surface area contributed by atoms with Crippen LogP contribution in [-0.2, 0) is 0 Å². The van der Waals surface area contributed by atoms with Gasteiger partial charge in [-0.3, -0.25) is 10.1 Å². The summed E-state index contributed by atoms with van der Waals surface area (Å²) in [6.07, 6.45) is 1.18. The van der Waals surface area contributed by atoms with Crippen LogP contribution >= 0.6 is 0 Å². The quantitative estimate of drug-likeness (QED) is 0.375. The molecule has 0 amide bonds. The van der Waals surface area contributed by atoms with Crippen LogP contribution in [0.2, 0.25) is 0 Å². The molecule has 0 saturated carbocycles. The lowest BCUT2D eigenvalue weighted by Gasteiger charge is -2.15. The number of rotatable bonds is 8. The monoisotopic (exact) mass is 435 g/mol. The summed E-state index contributed by atoms with van der Waals surface area (Å²) in [4.78, 5) is 13.3. The van der Waals surface area contributed by atoms with Crippen molar-refractivity contribution in [2.75, 3.05) is 24.9 Å². The SMILES string of the molecule is COc1cccc(-c2cc(Nc3cc(OC)n[nH]3)nc(N[C@@H](C)c3ccc(F)cn3)n2)c1. The number of anilines is 3. The fourth-order valence-electron chi connectivity index (χ4n) is 3.03. The first kappa shape index (κ1) is 21.0. The molecule has 10 heteroatoms. The van der Waals surface area contributed by atoms with Crippen molar-refractivity contribution in [3.63, 3.8) is 0 Å². The number of pyridine rings is 1. The molecule has 9 nitrogen and oxygen atoms in total. The molecule has 0 saturated heterocycles. The van der Waals surface area contributed by atoms with Gasteiger partial charge in [0, 0.05) is 17.7 Å². The molecule has 0 radical (unpaired) electrons. The first-order chi connectivity index (χ1) is 15.5. The normalized spacial score (nSPS) is 11.6. The van der Waals surface area contributed by atoms with Crippen molar-refractivity contribution in [2.45, 2.75) is 13.0 Å². The van der Waals surface area contributed by atoms with Gasteiger partial charge in [-0.25, -0.2) is 9.37 Å². The fraction of sp³-hybridized carbons (Fsp3) is 0.182. The average Bonchev–Trinajstić information content (AvgIpc) is 3.27. The van der Waals surface area contributed by atoms with E-state index in [2.05, 4.69) is 35.8 Å². The Bertz CT molecular complexity index is 1200. The van der Waals surface area contributed by atoms with Crippen LogP contribution in [-0.4, -0.2) is 39.4 Å². The number of hydrogen-bond acceptors (Lipinski definition) is 8. The van der Waals surface area contributed by atoms with Crippen LogP contribution in [0.4, 0.5) is 22.0 Å². The Kier molecular flexibility index (Phi) is 6.11. The van der Waals surface area contributed by atoms with Crippen LogP contribution < -0.4 is 20.1 Å². The van der Waals surface area contributed by atoms with E-state index in [0.29, 0.717) is 40.6 Å². The summed E-state index contributed by atoms with van der Waals surface area (Å²) in [6, 6.07) is 13.8. The largest absolute Gasteiger partial charge is 0.497 e. The molecule has 3 N–H and O–H groups in total. The smallest absolute Gasteiger partial charge is 0.234 e. The number of hydrogen-bond donors (Lipinski definition) is 3. The second-order valence-electron chi connectivity index (χ2n) is 6.91.